The van der Waals surface area contributed by atoms with Crippen molar-refractivity contribution >= 4 is 34.9 Å². The van der Waals surface area contributed by atoms with Gasteiger partial charge in [0.2, 0.25) is 5.95 Å². The summed E-state index contributed by atoms with van der Waals surface area (Å²) in [4.78, 5) is 36.6. The number of ether oxygens (including phenoxy) is 1. The number of carbonyl (C=O) groups excluding carboxylic acids is 2. The third-order valence-electron chi connectivity index (χ3n) is 6.47. The van der Waals surface area contributed by atoms with Crippen LogP contribution in [0.4, 0.5) is 23.9 Å². The first kappa shape index (κ1) is 27.6. The molecule has 13 heteroatoms. The summed E-state index contributed by atoms with van der Waals surface area (Å²) < 4.78 is 42.1. The Morgan fingerprint density at radius 2 is 1.82 bits per heavy atom. The van der Waals surface area contributed by atoms with Crippen molar-refractivity contribution in [3.05, 3.63) is 71.0 Å². The molecule has 3 aromatic rings. The van der Waals surface area contributed by atoms with Crippen molar-refractivity contribution in [3.8, 4) is 17.0 Å². The predicted octanol–water partition coefficient (Wildman–Crippen LogP) is 5.27. The molecule has 0 unspecified atom stereocenters. The van der Waals surface area contributed by atoms with E-state index in [4.69, 9.17) is 0 Å². The van der Waals surface area contributed by atoms with Crippen LogP contribution in [0.1, 0.15) is 36.9 Å². The van der Waals surface area contributed by atoms with Crippen molar-refractivity contribution in [2.24, 2.45) is 0 Å². The number of amides is 2. The van der Waals surface area contributed by atoms with Crippen LogP contribution in [0.2, 0.25) is 0 Å². The quantitative estimate of drug-likeness (QED) is 0.311. The summed E-state index contributed by atoms with van der Waals surface area (Å²) in [6.07, 6.45) is 3.60. The van der Waals surface area contributed by atoms with Gasteiger partial charge in [0.25, 0.3) is 11.1 Å². The zero-order valence-corrected chi connectivity index (χ0v) is 21.9. The summed E-state index contributed by atoms with van der Waals surface area (Å²) in [5.41, 5.74) is 2.55. The maximum atomic E-state index is 12.7. The van der Waals surface area contributed by atoms with Crippen molar-refractivity contribution < 1.29 is 27.5 Å². The van der Waals surface area contributed by atoms with Crippen molar-refractivity contribution in [1.82, 2.24) is 25.6 Å². The van der Waals surface area contributed by atoms with Gasteiger partial charge in [0.15, 0.2) is 0 Å². The Morgan fingerprint density at radius 3 is 2.58 bits per heavy atom. The highest BCUT2D eigenvalue weighted by molar-refractivity contribution is 8.18. The first-order valence-corrected chi connectivity index (χ1v) is 13.4. The van der Waals surface area contributed by atoms with Gasteiger partial charge < -0.3 is 15.4 Å². The standard InChI is InChI=1S/C27H25F3N6O3S/c28-27(29,30)39-21-5-1-3-16(13-21)23-17(4-2-11-31-23)15-33-18-6-8-19(9-7-18)34-25-32-12-10-20(35-25)14-22-24(37)36-26(38)40-22/h1-5,10-14,18-19,33H,6-9,15H2,(H,32,34,35)(H,36,37,38)/b22-14+. The van der Waals surface area contributed by atoms with E-state index in [1.165, 1.54) is 18.2 Å². The van der Waals surface area contributed by atoms with Crippen LogP contribution in [0.5, 0.6) is 5.75 Å². The van der Waals surface area contributed by atoms with Crippen LogP contribution >= 0.6 is 11.8 Å². The Labute approximate surface area is 232 Å². The number of anilines is 1. The lowest BCUT2D eigenvalue weighted by atomic mass is 9.91. The van der Waals surface area contributed by atoms with E-state index in [2.05, 4.69) is 35.6 Å². The van der Waals surface area contributed by atoms with Crippen LogP contribution in [0.25, 0.3) is 17.3 Å². The SMILES string of the molecule is O=C1NC(=O)/C(=C\c2ccnc(NC3CCC(NCc4cccnc4-c4cccc(OC(F)(F)F)c4)CC3)n2)S1. The van der Waals surface area contributed by atoms with E-state index in [1.54, 1.807) is 36.7 Å². The van der Waals surface area contributed by atoms with Gasteiger partial charge >= 0.3 is 6.36 Å². The number of carbonyl (C=O) groups is 2. The molecule has 1 saturated carbocycles. The number of hydrogen-bond donors (Lipinski definition) is 3. The molecule has 0 atom stereocenters. The van der Waals surface area contributed by atoms with Gasteiger partial charge in [-0.2, -0.15) is 0 Å². The lowest BCUT2D eigenvalue weighted by molar-refractivity contribution is -0.274. The van der Waals surface area contributed by atoms with Gasteiger partial charge in [-0.1, -0.05) is 18.2 Å². The molecule has 1 aliphatic heterocycles. The van der Waals surface area contributed by atoms with Crippen LogP contribution in [-0.4, -0.2) is 44.5 Å². The molecule has 3 heterocycles. The number of imide groups is 1. The molecule has 3 N–H and O–H groups in total. The third-order valence-corrected chi connectivity index (χ3v) is 7.28. The van der Waals surface area contributed by atoms with Crippen LogP contribution < -0.4 is 20.7 Å². The van der Waals surface area contributed by atoms with Gasteiger partial charge in [-0.25, -0.2) is 9.97 Å². The normalized spacial score (nSPS) is 20.4. The summed E-state index contributed by atoms with van der Waals surface area (Å²) in [5.74, 6) is -0.266. The summed E-state index contributed by atoms with van der Waals surface area (Å²) >= 11 is 0.838. The number of nitrogens with one attached hydrogen (secondary N) is 3. The lowest BCUT2D eigenvalue weighted by Crippen LogP contribution is -2.37. The summed E-state index contributed by atoms with van der Waals surface area (Å²) in [7, 11) is 0. The fraction of sp³-hybridized carbons (Fsp3) is 0.296. The molecule has 208 valence electrons. The van der Waals surface area contributed by atoms with Crippen LogP contribution in [0.3, 0.4) is 0 Å². The van der Waals surface area contributed by atoms with E-state index in [0.717, 1.165) is 43.0 Å². The Kier molecular flexibility index (Phi) is 8.31. The van der Waals surface area contributed by atoms with Gasteiger partial charge in [0.1, 0.15) is 5.75 Å². The number of benzene rings is 1. The molecule has 2 aromatic heterocycles. The molecule has 40 heavy (non-hydrogen) atoms. The first-order chi connectivity index (χ1) is 19.2. The van der Waals surface area contributed by atoms with E-state index >= 15 is 0 Å². The molecule has 0 bridgehead atoms. The zero-order valence-electron chi connectivity index (χ0n) is 21.1. The van der Waals surface area contributed by atoms with Gasteiger partial charge in [-0.15, -0.1) is 13.2 Å². The van der Waals surface area contributed by atoms with E-state index < -0.39 is 17.5 Å². The maximum Gasteiger partial charge on any atom is 0.573 e. The van der Waals surface area contributed by atoms with Crippen molar-refractivity contribution in [3.63, 3.8) is 0 Å². The summed E-state index contributed by atoms with van der Waals surface area (Å²) in [6, 6.07) is 11.6. The minimum absolute atomic E-state index is 0.178. The lowest BCUT2D eigenvalue weighted by Gasteiger charge is -2.30. The second kappa shape index (κ2) is 12.0. The topological polar surface area (TPSA) is 118 Å². The summed E-state index contributed by atoms with van der Waals surface area (Å²) in [5, 5.41) is 8.73. The average molecular weight is 571 g/mol. The maximum absolute atomic E-state index is 12.7. The second-order valence-corrected chi connectivity index (χ2v) is 10.3. The number of alkyl halides is 3. The van der Waals surface area contributed by atoms with Crippen molar-refractivity contribution in [2.45, 2.75) is 50.7 Å². The number of thioether (sulfide) groups is 1. The van der Waals surface area contributed by atoms with E-state index in [9.17, 15) is 22.8 Å². The molecule has 0 radical (unpaired) electrons. The van der Waals surface area contributed by atoms with Gasteiger partial charge in [0, 0.05) is 36.6 Å². The molecule has 9 nitrogen and oxygen atoms in total. The highest BCUT2D eigenvalue weighted by Gasteiger charge is 2.31. The molecule has 2 aliphatic rings. The monoisotopic (exact) mass is 570 g/mol. The van der Waals surface area contributed by atoms with E-state index in [-0.39, 0.29) is 17.8 Å². The minimum Gasteiger partial charge on any atom is -0.406 e. The van der Waals surface area contributed by atoms with Crippen LogP contribution in [-0.2, 0) is 11.3 Å². The van der Waals surface area contributed by atoms with Crippen molar-refractivity contribution in [2.75, 3.05) is 5.32 Å². The second-order valence-electron chi connectivity index (χ2n) is 9.32. The fourth-order valence-corrected chi connectivity index (χ4v) is 5.31. The molecule has 1 saturated heterocycles. The molecule has 0 spiro atoms. The fourth-order valence-electron chi connectivity index (χ4n) is 4.64. The van der Waals surface area contributed by atoms with Gasteiger partial charge in [-0.05, 0) is 73.4 Å². The number of aromatic nitrogens is 3. The molecule has 1 aliphatic carbocycles. The largest absolute Gasteiger partial charge is 0.573 e. The van der Waals surface area contributed by atoms with Crippen molar-refractivity contribution in [1.29, 1.82) is 0 Å². The molecular weight excluding hydrogens is 545 g/mol. The number of pyridine rings is 1. The number of halogens is 3. The molecule has 2 amide bonds. The Bertz CT molecular complexity index is 1430. The Balaban J connectivity index is 1.15. The molecule has 2 fully saturated rings. The van der Waals surface area contributed by atoms with Crippen LogP contribution in [0, 0.1) is 0 Å². The number of hydrogen-bond acceptors (Lipinski definition) is 9. The summed E-state index contributed by atoms with van der Waals surface area (Å²) in [6.45, 7) is 0.518. The number of rotatable bonds is 8. The van der Waals surface area contributed by atoms with E-state index in [0.29, 0.717) is 34.3 Å². The smallest absolute Gasteiger partial charge is 0.406 e. The van der Waals surface area contributed by atoms with Crippen LogP contribution in [0.15, 0.2) is 59.8 Å². The highest BCUT2D eigenvalue weighted by atomic mass is 32.2. The highest BCUT2D eigenvalue weighted by Crippen LogP contribution is 2.29. The average Bonchev–Trinajstić information content (AvgIpc) is 3.24. The Morgan fingerprint density at radius 1 is 1.02 bits per heavy atom. The molecular formula is C27H25F3N6O3S. The molecule has 5 rings (SSSR count). The third kappa shape index (κ3) is 7.36. The first-order valence-electron chi connectivity index (χ1n) is 12.6. The predicted molar refractivity (Wildman–Crippen MR) is 144 cm³/mol. The zero-order chi connectivity index (χ0) is 28.1. The van der Waals surface area contributed by atoms with Gasteiger partial charge in [0.05, 0.1) is 16.3 Å². The minimum atomic E-state index is -4.76. The van der Waals surface area contributed by atoms with E-state index in [1.807, 2.05) is 6.07 Å². The van der Waals surface area contributed by atoms with Gasteiger partial charge in [-0.3, -0.25) is 19.9 Å². The molecule has 1 aromatic carbocycles. The Hall–Kier alpha value is -3.97. The number of nitrogens with zero attached hydrogens (tertiary/aromatic N) is 3.